The van der Waals surface area contributed by atoms with Crippen molar-refractivity contribution in [1.29, 1.82) is 0 Å². The zero-order valence-corrected chi connectivity index (χ0v) is 10.1. The normalized spacial score (nSPS) is 10.2. The van der Waals surface area contributed by atoms with Gasteiger partial charge in [0.1, 0.15) is 0 Å². The molecule has 88 valence electrons. The predicted octanol–water partition coefficient (Wildman–Crippen LogP) is 3.23. The minimum absolute atomic E-state index is 0.800. The number of nitrogen functional groups attached to an aromatic ring is 1. The fraction of sp³-hybridized carbons (Fsp3) is 0.200. The molecule has 0 aliphatic carbocycles. The highest BCUT2D eigenvalue weighted by molar-refractivity contribution is 5.51. The van der Waals surface area contributed by atoms with E-state index in [0.717, 1.165) is 24.3 Å². The van der Waals surface area contributed by atoms with E-state index in [9.17, 15) is 0 Å². The van der Waals surface area contributed by atoms with Crippen molar-refractivity contribution in [1.82, 2.24) is 0 Å². The van der Waals surface area contributed by atoms with Crippen LogP contribution in [-0.4, -0.2) is 6.54 Å². The third-order valence-corrected chi connectivity index (χ3v) is 2.77. The van der Waals surface area contributed by atoms with Gasteiger partial charge in [0.05, 0.1) is 0 Å². The molecule has 0 amide bonds. The van der Waals surface area contributed by atoms with Crippen LogP contribution in [0.15, 0.2) is 48.5 Å². The molecule has 0 unspecified atom stereocenters. The largest absolute Gasteiger partial charge is 0.399 e. The highest BCUT2D eigenvalue weighted by Crippen LogP contribution is 2.10. The quantitative estimate of drug-likeness (QED) is 0.785. The molecule has 0 radical (unpaired) electrons. The van der Waals surface area contributed by atoms with Gasteiger partial charge in [-0.3, -0.25) is 0 Å². The minimum atomic E-state index is 0.800. The number of hydrogen-bond donors (Lipinski definition) is 2. The van der Waals surface area contributed by atoms with Gasteiger partial charge in [0.25, 0.3) is 0 Å². The van der Waals surface area contributed by atoms with Crippen LogP contribution < -0.4 is 11.1 Å². The van der Waals surface area contributed by atoms with Crippen LogP contribution in [0.2, 0.25) is 0 Å². The van der Waals surface area contributed by atoms with Crippen LogP contribution in [0.4, 0.5) is 11.4 Å². The van der Waals surface area contributed by atoms with Gasteiger partial charge in [0, 0.05) is 17.9 Å². The lowest BCUT2D eigenvalue weighted by Crippen LogP contribution is -2.04. The molecule has 0 saturated heterocycles. The van der Waals surface area contributed by atoms with Gasteiger partial charge < -0.3 is 11.1 Å². The molecule has 0 atom stereocenters. The fourth-order valence-corrected chi connectivity index (χ4v) is 1.71. The molecule has 0 saturated carbocycles. The molecule has 0 aliphatic heterocycles. The fourth-order valence-electron chi connectivity index (χ4n) is 1.71. The maximum absolute atomic E-state index is 5.63. The zero-order valence-electron chi connectivity index (χ0n) is 10.1. The maximum atomic E-state index is 5.63. The summed E-state index contributed by atoms with van der Waals surface area (Å²) >= 11 is 0. The molecule has 2 nitrogen and oxygen atoms in total. The van der Waals surface area contributed by atoms with Crippen LogP contribution in [-0.2, 0) is 6.42 Å². The summed E-state index contributed by atoms with van der Waals surface area (Å²) in [5.41, 5.74) is 10.2. The summed E-state index contributed by atoms with van der Waals surface area (Å²) in [6.07, 6.45) is 1.03. The molecule has 2 heteroatoms. The first-order chi connectivity index (χ1) is 8.24. The highest BCUT2D eigenvalue weighted by atomic mass is 14.9. The summed E-state index contributed by atoms with van der Waals surface area (Å²) < 4.78 is 0. The van der Waals surface area contributed by atoms with Gasteiger partial charge in [0.15, 0.2) is 0 Å². The first kappa shape index (κ1) is 11.5. The Morgan fingerprint density at radius 1 is 0.941 bits per heavy atom. The Morgan fingerprint density at radius 3 is 2.24 bits per heavy atom. The van der Waals surface area contributed by atoms with Gasteiger partial charge in [0.2, 0.25) is 0 Å². The molecule has 3 N–H and O–H groups in total. The Bertz CT molecular complexity index is 412. The molecule has 0 bridgehead atoms. The number of benzene rings is 2. The van der Waals surface area contributed by atoms with Crippen LogP contribution in [0.1, 0.15) is 11.1 Å². The molecular formula is C15H18N2. The molecule has 2 aromatic carbocycles. The van der Waals surface area contributed by atoms with Gasteiger partial charge >= 0.3 is 0 Å². The topological polar surface area (TPSA) is 38.0 Å². The lowest BCUT2D eigenvalue weighted by molar-refractivity contribution is 1.02. The van der Waals surface area contributed by atoms with Gasteiger partial charge in [-0.25, -0.2) is 0 Å². The van der Waals surface area contributed by atoms with Crippen molar-refractivity contribution >= 4 is 11.4 Å². The first-order valence-electron chi connectivity index (χ1n) is 5.89. The van der Waals surface area contributed by atoms with E-state index in [1.165, 1.54) is 11.1 Å². The molecule has 0 aliphatic rings. The number of nitrogens with two attached hydrogens (primary N) is 1. The van der Waals surface area contributed by atoms with Crippen LogP contribution in [0.25, 0.3) is 0 Å². The third kappa shape index (κ3) is 3.52. The van der Waals surface area contributed by atoms with E-state index < -0.39 is 0 Å². The monoisotopic (exact) mass is 226 g/mol. The molecule has 17 heavy (non-hydrogen) atoms. The second kappa shape index (κ2) is 5.39. The second-order valence-corrected chi connectivity index (χ2v) is 4.28. The summed E-state index contributed by atoms with van der Waals surface area (Å²) in [4.78, 5) is 0. The van der Waals surface area contributed by atoms with Gasteiger partial charge in [-0.2, -0.15) is 0 Å². The molecule has 0 aromatic heterocycles. The maximum Gasteiger partial charge on any atom is 0.0341 e. The first-order valence-corrected chi connectivity index (χ1v) is 5.89. The summed E-state index contributed by atoms with van der Waals surface area (Å²) in [7, 11) is 0. The Balaban J connectivity index is 1.83. The van der Waals surface area contributed by atoms with Crippen LogP contribution in [0.3, 0.4) is 0 Å². The van der Waals surface area contributed by atoms with Gasteiger partial charge in [-0.15, -0.1) is 0 Å². The van der Waals surface area contributed by atoms with E-state index in [4.69, 9.17) is 5.73 Å². The van der Waals surface area contributed by atoms with Crippen LogP contribution >= 0.6 is 0 Å². The SMILES string of the molecule is Cc1ccc(CCNc2ccc(N)cc2)cc1. The Morgan fingerprint density at radius 2 is 1.59 bits per heavy atom. The molecule has 0 heterocycles. The smallest absolute Gasteiger partial charge is 0.0341 e. The van der Waals surface area contributed by atoms with Gasteiger partial charge in [-0.05, 0) is 43.2 Å². The molecular weight excluding hydrogens is 208 g/mol. The van der Waals surface area contributed by atoms with Crippen LogP contribution in [0.5, 0.6) is 0 Å². The lowest BCUT2D eigenvalue weighted by atomic mass is 10.1. The average Bonchev–Trinajstić information content (AvgIpc) is 2.34. The summed E-state index contributed by atoms with van der Waals surface area (Å²) in [5, 5.41) is 3.38. The zero-order chi connectivity index (χ0) is 12.1. The van der Waals surface area contributed by atoms with E-state index >= 15 is 0 Å². The Kier molecular flexibility index (Phi) is 3.66. The predicted molar refractivity (Wildman–Crippen MR) is 74.2 cm³/mol. The average molecular weight is 226 g/mol. The van der Waals surface area contributed by atoms with Crippen molar-refractivity contribution in [2.75, 3.05) is 17.6 Å². The van der Waals surface area contributed by atoms with E-state index in [1.54, 1.807) is 0 Å². The molecule has 0 spiro atoms. The highest BCUT2D eigenvalue weighted by Gasteiger charge is 1.94. The van der Waals surface area contributed by atoms with Gasteiger partial charge in [-0.1, -0.05) is 29.8 Å². The standard InChI is InChI=1S/C15H18N2/c1-12-2-4-13(5-3-12)10-11-17-15-8-6-14(16)7-9-15/h2-9,17H,10-11,16H2,1H3. The van der Waals surface area contributed by atoms with Crippen molar-refractivity contribution in [3.05, 3.63) is 59.7 Å². The number of aryl methyl sites for hydroxylation is 1. The number of anilines is 2. The summed E-state index contributed by atoms with van der Waals surface area (Å²) in [6.45, 7) is 3.05. The second-order valence-electron chi connectivity index (χ2n) is 4.28. The third-order valence-electron chi connectivity index (χ3n) is 2.77. The van der Waals surface area contributed by atoms with Crippen molar-refractivity contribution < 1.29 is 0 Å². The van der Waals surface area contributed by atoms with Crippen molar-refractivity contribution in [3.8, 4) is 0 Å². The molecule has 0 fully saturated rings. The number of rotatable bonds is 4. The minimum Gasteiger partial charge on any atom is -0.399 e. The molecule has 2 aromatic rings. The summed E-state index contributed by atoms with van der Waals surface area (Å²) in [5.74, 6) is 0. The van der Waals surface area contributed by atoms with Crippen molar-refractivity contribution in [2.45, 2.75) is 13.3 Å². The summed E-state index contributed by atoms with van der Waals surface area (Å²) in [6, 6.07) is 16.5. The van der Waals surface area contributed by atoms with Crippen LogP contribution in [0, 0.1) is 6.92 Å². The van der Waals surface area contributed by atoms with Crippen molar-refractivity contribution in [2.24, 2.45) is 0 Å². The van der Waals surface area contributed by atoms with E-state index in [2.05, 4.69) is 36.5 Å². The molecule has 2 rings (SSSR count). The Hall–Kier alpha value is -1.96. The number of nitrogens with one attached hydrogen (secondary N) is 1. The Labute approximate surface area is 102 Å². The lowest BCUT2D eigenvalue weighted by Gasteiger charge is -2.07. The van der Waals surface area contributed by atoms with E-state index in [-0.39, 0.29) is 0 Å². The van der Waals surface area contributed by atoms with E-state index in [1.807, 2.05) is 24.3 Å². The number of hydrogen-bond acceptors (Lipinski definition) is 2. The van der Waals surface area contributed by atoms with E-state index in [0.29, 0.717) is 0 Å². The van der Waals surface area contributed by atoms with Crippen molar-refractivity contribution in [3.63, 3.8) is 0 Å².